The molecule has 1 aromatic heterocycles. The van der Waals surface area contributed by atoms with Gasteiger partial charge in [-0.2, -0.15) is 14.0 Å². The first-order valence-electron chi connectivity index (χ1n) is 7.40. The molecule has 0 spiro atoms. The number of nitrogens with one attached hydrogen (secondary N) is 1. The Morgan fingerprint density at radius 3 is 2.54 bits per heavy atom. The molecular formula is C18H11ClF2N4O. The molecule has 0 radical (unpaired) electrons. The van der Waals surface area contributed by atoms with E-state index in [2.05, 4.69) is 20.1 Å². The minimum absolute atomic E-state index is 0.0947. The molecule has 0 aliphatic heterocycles. The van der Waals surface area contributed by atoms with E-state index in [1.54, 1.807) is 30.3 Å². The highest BCUT2D eigenvalue weighted by atomic mass is 35.5. The maximum absolute atomic E-state index is 12.2. The van der Waals surface area contributed by atoms with Crippen molar-refractivity contribution in [1.29, 1.82) is 5.26 Å². The fourth-order valence-electron chi connectivity index (χ4n) is 2.31. The number of nitriles is 1. The lowest BCUT2D eigenvalue weighted by Gasteiger charge is -2.04. The molecule has 130 valence electrons. The third-order valence-electron chi connectivity index (χ3n) is 3.43. The van der Waals surface area contributed by atoms with Crippen LogP contribution >= 0.6 is 11.6 Å². The van der Waals surface area contributed by atoms with Crippen molar-refractivity contribution in [2.75, 3.05) is 0 Å². The molecule has 26 heavy (non-hydrogen) atoms. The Kier molecular flexibility index (Phi) is 5.25. The van der Waals surface area contributed by atoms with Gasteiger partial charge >= 0.3 is 6.61 Å². The predicted molar refractivity (Wildman–Crippen MR) is 93.5 cm³/mol. The van der Waals surface area contributed by atoms with Crippen molar-refractivity contribution in [3.63, 3.8) is 0 Å². The largest absolute Gasteiger partial charge is 0.435 e. The van der Waals surface area contributed by atoms with E-state index in [4.69, 9.17) is 16.9 Å². The summed E-state index contributed by atoms with van der Waals surface area (Å²) in [5.41, 5.74) is 2.90. The summed E-state index contributed by atoms with van der Waals surface area (Å²) < 4.78 is 28.6. The van der Waals surface area contributed by atoms with Gasteiger partial charge in [0, 0.05) is 10.6 Å². The van der Waals surface area contributed by atoms with Crippen molar-refractivity contribution in [1.82, 2.24) is 15.4 Å². The molecule has 2 aromatic carbocycles. The molecule has 1 heterocycles. The molecule has 0 fully saturated rings. The van der Waals surface area contributed by atoms with Gasteiger partial charge in [-0.3, -0.25) is 0 Å². The van der Waals surface area contributed by atoms with Crippen molar-refractivity contribution in [2.45, 2.75) is 6.61 Å². The number of aromatic amines is 1. The van der Waals surface area contributed by atoms with E-state index in [-0.39, 0.29) is 11.4 Å². The summed E-state index contributed by atoms with van der Waals surface area (Å²) in [6.07, 6.45) is 3.61. The zero-order chi connectivity index (χ0) is 18.5. The topological polar surface area (TPSA) is 74.6 Å². The number of aromatic nitrogens is 3. The van der Waals surface area contributed by atoms with Crippen LogP contribution in [-0.4, -0.2) is 22.0 Å². The van der Waals surface area contributed by atoms with Crippen molar-refractivity contribution in [2.24, 2.45) is 0 Å². The summed E-state index contributed by atoms with van der Waals surface area (Å²) in [6.45, 7) is -2.85. The van der Waals surface area contributed by atoms with Crippen molar-refractivity contribution >= 4 is 23.8 Å². The second-order valence-corrected chi connectivity index (χ2v) is 5.64. The number of H-pyrrole nitrogens is 1. The van der Waals surface area contributed by atoms with Crippen LogP contribution in [0.3, 0.4) is 0 Å². The number of rotatable bonds is 5. The fourth-order valence-corrected chi connectivity index (χ4v) is 2.55. The molecule has 3 aromatic rings. The van der Waals surface area contributed by atoms with Crippen LogP contribution in [0.2, 0.25) is 5.02 Å². The van der Waals surface area contributed by atoms with Crippen LogP contribution in [0.1, 0.15) is 16.8 Å². The van der Waals surface area contributed by atoms with Gasteiger partial charge in [-0.1, -0.05) is 41.1 Å². The summed E-state index contributed by atoms with van der Waals surface area (Å²) >= 11 is 6.15. The Labute approximate surface area is 152 Å². The lowest BCUT2D eigenvalue weighted by molar-refractivity contribution is -0.0498. The number of nitrogens with zero attached hydrogens (tertiary/aromatic N) is 3. The molecule has 8 heteroatoms. The third-order valence-corrected chi connectivity index (χ3v) is 3.65. The number of alkyl halides is 2. The Hall–Kier alpha value is -3.24. The van der Waals surface area contributed by atoms with E-state index in [1.165, 1.54) is 12.1 Å². The van der Waals surface area contributed by atoms with Gasteiger partial charge in [-0.15, -0.1) is 5.10 Å². The smallest absolute Gasteiger partial charge is 0.387 e. The van der Waals surface area contributed by atoms with Gasteiger partial charge in [0.2, 0.25) is 0 Å². The number of benzene rings is 2. The van der Waals surface area contributed by atoms with Gasteiger partial charge in [-0.05, 0) is 41.5 Å². The highest BCUT2D eigenvalue weighted by molar-refractivity contribution is 6.31. The molecular weight excluding hydrogens is 362 g/mol. The second kappa shape index (κ2) is 7.76. The van der Waals surface area contributed by atoms with Crippen LogP contribution in [0.4, 0.5) is 8.78 Å². The van der Waals surface area contributed by atoms with Gasteiger partial charge in [0.25, 0.3) is 0 Å². The van der Waals surface area contributed by atoms with Crippen LogP contribution in [0.25, 0.3) is 23.4 Å². The van der Waals surface area contributed by atoms with Crippen LogP contribution < -0.4 is 4.74 Å². The first kappa shape index (κ1) is 17.6. The minimum Gasteiger partial charge on any atom is -0.435 e. The van der Waals surface area contributed by atoms with Crippen molar-refractivity contribution in [3.05, 3.63) is 64.3 Å². The number of ether oxygens (including phenoxy) is 1. The highest BCUT2D eigenvalue weighted by Gasteiger charge is 2.10. The quantitative estimate of drug-likeness (QED) is 0.655. The molecule has 0 aliphatic rings. The molecule has 0 aliphatic carbocycles. The first-order valence-corrected chi connectivity index (χ1v) is 7.78. The fraction of sp³-hybridized carbons (Fsp3) is 0.0556. The SMILES string of the molecule is N#Cc1[nH]nnc1-c1cc(Cl)cc(/C=C/c2ccc(OC(F)F)cc2)c1. The molecule has 0 unspecified atom stereocenters. The monoisotopic (exact) mass is 372 g/mol. The standard InChI is InChI=1S/C18H11ClF2N4O/c19-14-8-12(7-13(9-14)17-16(10-22)23-25-24-17)2-1-11-3-5-15(6-4-11)26-18(20)21/h1-9,18H,(H,23,24,25)/b2-1+. The summed E-state index contributed by atoms with van der Waals surface area (Å²) in [6, 6.07) is 13.5. The van der Waals surface area contributed by atoms with Gasteiger partial charge in [0.1, 0.15) is 17.5 Å². The molecule has 3 rings (SSSR count). The van der Waals surface area contributed by atoms with Crippen LogP contribution in [0.5, 0.6) is 5.75 Å². The summed E-state index contributed by atoms with van der Waals surface area (Å²) in [5.74, 6) is 0.0947. The molecule has 1 N–H and O–H groups in total. The zero-order valence-electron chi connectivity index (χ0n) is 13.2. The van der Waals surface area contributed by atoms with Gasteiger partial charge < -0.3 is 4.74 Å². The predicted octanol–water partition coefficient (Wildman–Crippen LogP) is 4.77. The highest BCUT2D eigenvalue weighted by Crippen LogP contribution is 2.26. The van der Waals surface area contributed by atoms with Gasteiger partial charge in [0.05, 0.1) is 0 Å². The normalized spacial score (nSPS) is 11.0. The molecule has 0 saturated carbocycles. The Balaban J connectivity index is 1.84. The van der Waals surface area contributed by atoms with Gasteiger partial charge in [0.15, 0.2) is 5.69 Å². The average molecular weight is 373 g/mol. The lowest BCUT2D eigenvalue weighted by Crippen LogP contribution is -2.01. The van der Waals surface area contributed by atoms with Gasteiger partial charge in [-0.25, -0.2) is 5.10 Å². The molecule has 0 atom stereocenters. The maximum Gasteiger partial charge on any atom is 0.387 e. The molecule has 0 amide bonds. The van der Waals surface area contributed by atoms with E-state index >= 15 is 0 Å². The van der Waals surface area contributed by atoms with E-state index in [0.29, 0.717) is 16.3 Å². The second-order valence-electron chi connectivity index (χ2n) is 5.20. The maximum atomic E-state index is 12.2. The van der Waals surface area contributed by atoms with Crippen molar-refractivity contribution in [3.8, 4) is 23.1 Å². The van der Waals surface area contributed by atoms with E-state index < -0.39 is 6.61 Å². The molecule has 0 saturated heterocycles. The Morgan fingerprint density at radius 2 is 1.85 bits per heavy atom. The van der Waals surface area contributed by atoms with Crippen LogP contribution in [0.15, 0.2) is 42.5 Å². The molecule has 5 nitrogen and oxygen atoms in total. The van der Waals surface area contributed by atoms with E-state index in [0.717, 1.165) is 11.1 Å². The number of hydrogen-bond donors (Lipinski definition) is 1. The van der Waals surface area contributed by atoms with E-state index in [1.807, 2.05) is 18.2 Å². The average Bonchev–Trinajstić information content (AvgIpc) is 3.09. The summed E-state index contributed by atoms with van der Waals surface area (Å²) in [4.78, 5) is 0. The summed E-state index contributed by atoms with van der Waals surface area (Å²) in [7, 11) is 0. The van der Waals surface area contributed by atoms with E-state index in [9.17, 15) is 8.78 Å². The third kappa shape index (κ3) is 4.23. The number of halogens is 3. The number of hydrogen-bond acceptors (Lipinski definition) is 4. The summed E-state index contributed by atoms with van der Waals surface area (Å²) in [5, 5.41) is 19.6. The molecule has 0 bridgehead atoms. The van der Waals surface area contributed by atoms with Crippen LogP contribution in [-0.2, 0) is 0 Å². The van der Waals surface area contributed by atoms with Crippen LogP contribution in [0, 0.1) is 11.3 Å². The van der Waals surface area contributed by atoms with Crippen molar-refractivity contribution < 1.29 is 13.5 Å². The first-order chi connectivity index (χ1) is 12.5. The Morgan fingerprint density at radius 1 is 1.12 bits per heavy atom. The Bertz CT molecular complexity index is 978. The zero-order valence-corrected chi connectivity index (χ0v) is 13.9. The minimum atomic E-state index is -2.85. The lowest BCUT2D eigenvalue weighted by atomic mass is 10.1.